The van der Waals surface area contributed by atoms with E-state index in [1.807, 2.05) is 0 Å². The first-order chi connectivity index (χ1) is 8.65. The largest absolute Gasteiger partial charge is 0.309 e. The second-order valence-corrected chi connectivity index (χ2v) is 3.76. The molecule has 0 saturated heterocycles. The molecule has 2 nitrogen and oxygen atoms in total. The fourth-order valence-electron chi connectivity index (χ4n) is 1.84. The Balaban J connectivity index is 2.53. The van der Waals surface area contributed by atoms with Gasteiger partial charge in [0.15, 0.2) is 11.6 Å². The fourth-order valence-corrected chi connectivity index (χ4v) is 1.84. The number of aromatic nitrogens is 1. The van der Waals surface area contributed by atoms with Crippen molar-refractivity contribution in [2.75, 3.05) is 7.05 Å². The van der Waals surface area contributed by atoms with E-state index in [9.17, 15) is 13.2 Å². The third-order valence-corrected chi connectivity index (χ3v) is 2.70. The van der Waals surface area contributed by atoms with E-state index >= 15 is 0 Å². The molecule has 94 valence electrons. The summed E-state index contributed by atoms with van der Waals surface area (Å²) in [6.07, 6.45) is 2.44. The quantitative estimate of drug-likeness (QED) is 0.908. The van der Waals surface area contributed by atoms with Gasteiger partial charge in [-0.15, -0.1) is 0 Å². The molecule has 1 aromatic heterocycles. The lowest BCUT2D eigenvalue weighted by molar-refractivity contribution is 0.482. The molecule has 0 bridgehead atoms. The summed E-state index contributed by atoms with van der Waals surface area (Å²) in [5.41, 5.74) is 0.277. The maximum Gasteiger partial charge on any atom is 0.163 e. The molecule has 0 aliphatic carbocycles. The van der Waals surface area contributed by atoms with Gasteiger partial charge in [-0.3, -0.25) is 4.98 Å². The van der Waals surface area contributed by atoms with Crippen LogP contribution in [0.4, 0.5) is 13.2 Å². The highest BCUT2D eigenvalue weighted by molar-refractivity contribution is 5.32. The lowest BCUT2D eigenvalue weighted by Gasteiger charge is -2.18. The van der Waals surface area contributed by atoms with Crippen molar-refractivity contribution in [2.45, 2.75) is 6.04 Å². The number of hydrogen-bond acceptors (Lipinski definition) is 2. The maximum absolute atomic E-state index is 13.7. The molecular weight excluding hydrogens is 241 g/mol. The average molecular weight is 252 g/mol. The second-order valence-electron chi connectivity index (χ2n) is 3.76. The zero-order chi connectivity index (χ0) is 13.1. The fraction of sp³-hybridized carbons (Fsp3) is 0.154. The van der Waals surface area contributed by atoms with Crippen molar-refractivity contribution in [3.05, 3.63) is 65.2 Å². The minimum atomic E-state index is -0.979. The van der Waals surface area contributed by atoms with E-state index in [1.54, 1.807) is 7.05 Å². The Bertz CT molecular complexity index is 558. The first-order valence-corrected chi connectivity index (χ1v) is 5.35. The van der Waals surface area contributed by atoms with Crippen LogP contribution < -0.4 is 5.32 Å². The summed E-state index contributed by atoms with van der Waals surface area (Å²) in [5.74, 6) is -2.50. The zero-order valence-electron chi connectivity index (χ0n) is 9.62. The van der Waals surface area contributed by atoms with Crippen LogP contribution >= 0.6 is 0 Å². The van der Waals surface area contributed by atoms with Crippen molar-refractivity contribution in [3.8, 4) is 0 Å². The van der Waals surface area contributed by atoms with E-state index in [2.05, 4.69) is 10.3 Å². The first-order valence-electron chi connectivity index (χ1n) is 5.35. The number of pyridine rings is 1. The third-order valence-electron chi connectivity index (χ3n) is 2.70. The van der Waals surface area contributed by atoms with Crippen LogP contribution in [0.3, 0.4) is 0 Å². The van der Waals surface area contributed by atoms with Gasteiger partial charge in [-0.25, -0.2) is 13.2 Å². The molecule has 2 rings (SSSR count). The summed E-state index contributed by atoms with van der Waals surface area (Å²) in [5, 5.41) is 2.77. The molecule has 0 aliphatic rings. The minimum Gasteiger partial charge on any atom is -0.309 e. The summed E-state index contributed by atoms with van der Waals surface area (Å²) in [7, 11) is 1.55. The van der Waals surface area contributed by atoms with Gasteiger partial charge in [0.25, 0.3) is 0 Å². The Morgan fingerprint density at radius 1 is 1.06 bits per heavy atom. The molecule has 0 fully saturated rings. The van der Waals surface area contributed by atoms with Crippen LogP contribution in [-0.4, -0.2) is 12.0 Å². The van der Waals surface area contributed by atoms with Gasteiger partial charge in [-0.1, -0.05) is 12.1 Å². The van der Waals surface area contributed by atoms with Gasteiger partial charge in [0.05, 0.1) is 12.2 Å². The Morgan fingerprint density at radius 3 is 2.50 bits per heavy atom. The van der Waals surface area contributed by atoms with Crippen molar-refractivity contribution >= 4 is 0 Å². The lowest BCUT2D eigenvalue weighted by atomic mass is 9.99. The molecule has 2 aromatic rings. The van der Waals surface area contributed by atoms with Crippen LogP contribution in [0.1, 0.15) is 17.2 Å². The van der Waals surface area contributed by atoms with Crippen LogP contribution in [0.2, 0.25) is 0 Å². The summed E-state index contributed by atoms with van der Waals surface area (Å²) in [6.45, 7) is 0. The van der Waals surface area contributed by atoms with Crippen molar-refractivity contribution in [1.82, 2.24) is 10.3 Å². The molecule has 0 radical (unpaired) electrons. The third kappa shape index (κ3) is 2.22. The molecule has 5 heteroatoms. The highest BCUT2D eigenvalue weighted by Gasteiger charge is 2.21. The first kappa shape index (κ1) is 12.6. The standard InChI is InChI=1S/C13H11F3N2/c1-17-13(8-5-6-18-7-11(8)15)9-3-2-4-10(14)12(9)16/h2-7,13,17H,1H3. The molecular formula is C13H11F3N2. The van der Waals surface area contributed by atoms with Crippen LogP contribution in [0.25, 0.3) is 0 Å². The molecule has 0 amide bonds. The number of hydrogen-bond donors (Lipinski definition) is 1. The van der Waals surface area contributed by atoms with Crippen molar-refractivity contribution in [2.24, 2.45) is 0 Å². The summed E-state index contributed by atoms with van der Waals surface area (Å²) in [4.78, 5) is 3.62. The number of benzene rings is 1. The van der Waals surface area contributed by atoms with Crippen molar-refractivity contribution in [1.29, 1.82) is 0 Å². The Kier molecular flexibility index (Phi) is 3.62. The van der Waals surface area contributed by atoms with Gasteiger partial charge in [-0.2, -0.15) is 0 Å². The predicted octanol–water partition coefficient (Wildman–Crippen LogP) is 2.81. The normalized spacial score (nSPS) is 12.4. The number of nitrogens with one attached hydrogen (secondary N) is 1. The van der Waals surface area contributed by atoms with E-state index in [4.69, 9.17) is 0 Å². The molecule has 0 spiro atoms. The van der Waals surface area contributed by atoms with Gasteiger partial charge in [-0.05, 0) is 19.2 Å². The monoisotopic (exact) mass is 252 g/mol. The Hall–Kier alpha value is -1.88. The molecule has 1 N–H and O–H groups in total. The molecule has 1 atom stereocenters. The van der Waals surface area contributed by atoms with Crippen molar-refractivity contribution < 1.29 is 13.2 Å². The maximum atomic E-state index is 13.7. The summed E-state index contributed by atoms with van der Waals surface area (Å²) in [6, 6.07) is 4.50. The summed E-state index contributed by atoms with van der Waals surface area (Å²) >= 11 is 0. The molecule has 1 heterocycles. The zero-order valence-corrected chi connectivity index (χ0v) is 9.62. The van der Waals surface area contributed by atoms with E-state index in [0.717, 1.165) is 12.3 Å². The Morgan fingerprint density at radius 2 is 1.83 bits per heavy atom. The molecule has 0 aliphatic heterocycles. The topological polar surface area (TPSA) is 24.9 Å². The van der Waals surface area contributed by atoms with E-state index in [1.165, 1.54) is 24.4 Å². The molecule has 1 aromatic carbocycles. The van der Waals surface area contributed by atoms with Gasteiger partial charge in [0.1, 0.15) is 5.82 Å². The predicted molar refractivity (Wildman–Crippen MR) is 61.5 cm³/mol. The lowest BCUT2D eigenvalue weighted by Crippen LogP contribution is -2.20. The molecule has 1 unspecified atom stereocenters. The van der Waals surface area contributed by atoms with Crippen LogP contribution in [0.15, 0.2) is 36.7 Å². The summed E-state index contributed by atoms with van der Waals surface area (Å²) < 4.78 is 40.5. The van der Waals surface area contributed by atoms with Gasteiger partial charge in [0, 0.05) is 17.3 Å². The van der Waals surface area contributed by atoms with E-state index < -0.39 is 23.5 Å². The number of nitrogens with zero attached hydrogens (tertiary/aromatic N) is 1. The highest BCUT2D eigenvalue weighted by atomic mass is 19.2. The number of halogens is 3. The highest BCUT2D eigenvalue weighted by Crippen LogP contribution is 2.26. The van der Waals surface area contributed by atoms with Crippen LogP contribution in [-0.2, 0) is 0 Å². The molecule has 18 heavy (non-hydrogen) atoms. The van der Waals surface area contributed by atoms with Gasteiger partial charge < -0.3 is 5.32 Å². The second kappa shape index (κ2) is 5.18. The number of rotatable bonds is 3. The SMILES string of the molecule is CNC(c1ccncc1F)c1cccc(F)c1F. The van der Waals surface area contributed by atoms with Crippen molar-refractivity contribution in [3.63, 3.8) is 0 Å². The van der Waals surface area contributed by atoms with E-state index in [0.29, 0.717) is 0 Å². The van der Waals surface area contributed by atoms with Gasteiger partial charge in [0.2, 0.25) is 0 Å². The van der Waals surface area contributed by atoms with Crippen LogP contribution in [0.5, 0.6) is 0 Å². The van der Waals surface area contributed by atoms with Gasteiger partial charge >= 0.3 is 0 Å². The van der Waals surface area contributed by atoms with Crippen LogP contribution in [0, 0.1) is 17.5 Å². The minimum absolute atomic E-state index is 0.0580. The average Bonchev–Trinajstić information content (AvgIpc) is 2.37. The smallest absolute Gasteiger partial charge is 0.163 e. The molecule has 0 saturated carbocycles. The van der Waals surface area contributed by atoms with E-state index in [-0.39, 0.29) is 11.1 Å². The Labute approximate surface area is 102 Å².